The quantitative estimate of drug-likeness (QED) is 0.559. The van der Waals surface area contributed by atoms with Gasteiger partial charge in [-0.15, -0.1) is 0 Å². The minimum absolute atomic E-state index is 0.300. The van der Waals surface area contributed by atoms with Crippen LogP contribution in [0.25, 0.3) is 0 Å². The topological polar surface area (TPSA) is 29.5 Å². The van der Waals surface area contributed by atoms with Crippen LogP contribution in [0.15, 0.2) is 0 Å². The zero-order chi connectivity index (χ0) is 20.1. The molecule has 1 saturated heterocycles. The molecule has 9 unspecified atom stereocenters. The molecule has 4 rings (SSSR count). The average Bonchev–Trinajstić information content (AvgIpc) is 2.99. The van der Waals surface area contributed by atoms with Crippen LogP contribution in [-0.2, 0) is 4.74 Å². The van der Waals surface area contributed by atoms with Crippen molar-refractivity contribution in [3.63, 3.8) is 0 Å². The van der Waals surface area contributed by atoms with Crippen molar-refractivity contribution in [1.82, 2.24) is 0 Å². The molecule has 28 heavy (non-hydrogen) atoms. The van der Waals surface area contributed by atoms with Gasteiger partial charge in [-0.25, -0.2) is 0 Å². The van der Waals surface area contributed by atoms with E-state index in [-0.39, 0.29) is 0 Å². The largest absolute Gasteiger partial charge is 0.368 e. The predicted molar refractivity (Wildman–Crippen MR) is 116 cm³/mol. The lowest BCUT2D eigenvalue weighted by Crippen LogP contribution is -2.57. The highest BCUT2D eigenvalue weighted by Gasteiger charge is 2.61. The van der Waals surface area contributed by atoms with Crippen LogP contribution in [0, 0.1) is 46.3 Å². The van der Waals surface area contributed by atoms with Gasteiger partial charge < -0.3 is 9.84 Å². The maximum absolute atomic E-state index is 10.0. The molecule has 1 aliphatic heterocycles. The monoisotopic (exact) mass is 390 g/mol. The van der Waals surface area contributed by atoms with Crippen molar-refractivity contribution in [3.8, 4) is 0 Å². The normalized spacial score (nSPS) is 49.4. The zero-order valence-electron chi connectivity index (χ0n) is 19.3. The minimum Gasteiger partial charge on any atom is -0.368 e. The van der Waals surface area contributed by atoms with E-state index in [1.54, 1.807) is 0 Å². The van der Waals surface area contributed by atoms with Gasteiger partial charge in [0.05, 0.1) is 6.10 Å². The first-order valence-electron chi connectivity index (χ1n) is 12.6. The Bertz CT molecular complexity index is 545. The first-order chi connectivity index (χ1) is 13.3. The molecule has 0 aromatic rings. The van der Waals surface area contributed by atoms with E-state index in [2.05, 4.69) is 34.6 Å². The van der Waals surface area contributed by atoms with Crippen LogP contribution in [0.5, 0.6) is 0 Å². The highest BCUT2D eigenvalue weighted by molar-refractivity contribution is 5.09. The minimum atomic E-state index is -0.508. The summed E-state index contributed by atoms with van der Waals surface area (Å²) < 4.78 is 6.06. The van der Waals surface area contributed by atoms with Crippen LogP contribution < -0.4 is 0 Å². The number of hydrogen-bond acceptors (Lipinski definition) is 2. The van der Waals surface area contributed by atoms with Crippen molar-refractivity contribution in [2.45, 2.75) is 118 Å². The van der Waals surface area contributed by atoms with Gasteiger partial charge in [0.2, 0.25) is 0 Å². The van der Waals surface area contributed by atoms with Crippen molar-refractivity contribution >= 4 is 0 Å². The van der Waals surface area contributed by atoms with Crippen LogP contribution in [0.1, 0.15) is 105 Å². The predicted octanol–water partition coefficient (Wildman–Crippen LogP) is 6.81. The third-order valence-corrected chi connectivity index (χ3v) is 10.2. The maximum Gasteiger partial charge on any atom is 0.154 e. The van der Waals surface area contributed by atoms with Gasteiger partial charge in [-0.05, 0) is 97.7 Å². The van der Waals surface area contributed by atoms with Gasteiger partial charge in [-0.1, -0.05) is 53.9 Å². The number of rotatable bonds is 5. The number of aliphatic hydroxyl groups excluding tert-OH is 1. The summed E-state index contributed by atoms with van der Waals surface area (Å²) in [6, 6.07) is 0. The smallest absolute Gasteiger partial charge is 0.154 e. The first kappa shape index (κ1) is 21.2. The molecule has 0 bridgehead atoms. The Labute approximate surface area is 174 Å². The lowest BCUT2D eigenvalue weighted by atomic mass is 9.47. The van der Waals surface area contributed by atoms with Gasteiger partial charge in [-0.3, -0.25) is 0 Å². The van der Waals surface area contributed by atoms with Gasteiger partial charge in [0, 0.05) is 0 Å². The van der Waals surface area contributed by atoms with Crippen molar-refractivity contribution in [2.24, 2.45) is 46.3 Å². The third-order valence-electron chi connectivity index (χ3n) is 10.2. The number of hydrogen-bond donors (Lipinski definition) is 1. The standard InChI is InChI=1S/C26H46O2/c1-17(2)7-6-8-18(3)20-10-11-21-19-9-12-23-26(5,16-14-24(27)28-23)22(19)13-15-25(20,21)4/h17-24,27H,6-16H2,1-5H3. The van der Waals surface area contributed by atoms with Gasteiger partial charge >= 0.3 is 0 Å². The summed E-state index contributed by atoms with van der Waals surface area (Å²) in [6.07, 6.45) is 14.3. The lowest BCUT2D eigenvalue weighted by molar-refractivity contribution is -0.248. The number of ether oxygens (including phenoxy) is 1. The second-order valence-corrected chi connectivity index (χ2v) is 12.1. The summed E-state index contributed by atoms with van der Waals surface area (Å²) in [4.78, 5) is 0. The van der Waals surface area contributed by atoms with Crippen molar-refractivity contribution in [2.75, 3.05) is 0 Å². The molecule has 3 saturated carbocycles. The number of fused-ring (bicyclic) bond motifs is 5. The van der Waals surface area contributed by atoms with E-state index < -0.39 is 6.29 Å². The molecular formula is C26H46O2. The van der Waals surface area contributed by atoms with Crippen LogP contribution in [0.4, 0.5) is 0 Å². The zero-order valence-corrected chi connectivity index (χ0v) is 19.3. The molecule has 9 atom stereocenters. The first-order valence-corrected chi connectivity index (χ1v) is 12.6. The molecule has 0 aromatic carbocycles. The third kappa shape index (κ3) is 3.49. The number of aliphatic hydroxyl groups is 1. The van der Waals surface area contributed by atoms with Crippen molar-refractivity contribution in [1.29, 1.82) is 0 Å². The Kier molecular flexibility index (Phi) is 5.95. The summed E-state index contributed by atoms with van der Waals surface area (Å²) in [6.45, 7) is 12.5. The summed E-state index contributed by atoms with van der Waals surface area (Å²) in [5.41, 5.74) is 0.890. The van der Waals surface area contributed by atoms with E-state index in [1.807, 2.05) is 0 Å². The molecule has 0 spiro atoms. The second kappa shape index (κ2) is 7.88. The highest BCUT2D eigenvalue weighted by atomic mass is 16.6. The molecule has 4 fully saturated rings. The van der Waals surface area contributed by atoms with Gasteiger partial charge in [-0.2, -0.15) is 0 Å². The van der Waals surface area contributed by atoms with Gasteiger partial charge in [0.25, 0.3) is 0 Å². The molecule has 2 heteroatoms. The van der Waals surface area contributed by atoms with E-state index >= 15 is 0 Å². The molecule has 3 aliphatic carbocycles. The van der Waals surface area contributed by atoms with Crippen LogP contribution in [0.3, 0.4) is 0 Å². The van der Waals surface area contributed by atoms with Gasteiger partial charge in [0.1, 0.15) is 0 Å². The molecular weight excluding hydrogens is 344 g/mol. The molecule has 2 nitrogen and oxygen atoms in total. The molecule has 1 N–H and O–H groups in total. The summed E-state index contributed by atoms with van der Waals surface area (Å²) >= 11 is 0. The molecule has 0 aromatic heterocycles. The lowest BCUT2D eigenvalue weighted by Gasteiger charge is -2.60. The summed E-state index contributed by atoms with van der Waals surface area (Å²) in [5.74, 6) is 5.36. The summed E-state index contributed by atoms with van der Waals surface area (Å²) in [7, 11) is 0. The fourth-order valence-electron chi connectivity index (χ4n) is 8.71. The van der Waals surface area contributed by atoms with Crippen LogP contribution in [-0.4, -0.2) is 17.5 Å². The molecule has 1 heterocycles. The second-order valence-electron chi connectivity index (χ2n) is 12.1. The molecule has 4 aliphatic rings. The SMILES string of the molecule is CC(C)CCCC(C)C1CCC2C3CCC4OC(O)CCC4(C)C3CCC12C. The van der Waals surface area contributed by atoms with Crippen molar-refractivity contribution in [3.05, 3.63) is 0 Å². The Morgan fingerprint density at radius 1 is 0.857 bits per heavy atom. The molecule has 0 amide bonds. The molecule has 0 radical (unpaired) electrons. The Morgan fingerprint density at radius 3 is 2.32 bits per heavy atom. The van der Waals surface area contributed by atoms with E-state index in [4.69, 9.17) is 4.74 Å². The summed E-state index contributed by atoms with van der Waals surface area (Å²) in [5, 5.41) is 10.0. The van der Waals surface area contributed by atoms with E-state index in [9.17, 15) is 5.11 Å². The Morgan fingerprint density at radius 2 is 1.57 bits per heavy atom. The highest BCUT2D eigenvalue weighted by Crippen LogP contribution is 2.67. The fraction of sp³-hybridized carbons (Fsp3) is 1.00. The maximum atomic E-state index is 10.0. The van der Waals surface area contributed by atoms with E-state index in [0.29, 0.717) is 16.9 Å². The molecule has 162 valence electrons. The van der Waals surface area contributed by atoms with Crippen LogP contribution >= 0.6 is 0 Å². The van der Waals surface area contributed by atoms with Gasteiger partial charge in [0.15, 0.2) is 6.29 Å². The average molecular weight is 391 g/mol. The van der Waals surface area contributed by atoms with Crippen molar-refractivity contribution < 1.29 is 9.84 Å². The Balaban J connectivity index is 1.46. The van der Waals surface area contributed by atoms with Crippen LogP contribution in [0.2, 0.25) is 0 Å². The Hall–Kier alpha value is -0.0800. The fourth-order valence-corrected chi connectivity index (χ4v) is 8.71. The van der Waals surface area contributed by atoms with E-state index in [0.717, 1.165) is 41.9 Å². The van der Waals surface area contributed by atoms with E-state index in [1.165, 1.54) is 64.2 Å².